The second-order valence-corrected chi connectivity index (χ2v) is 7.47. The molecule has 142 valence electrons. The van der Waals surface area contributed by atoms with E-state index in [1.165, 1.54) is 7.11 Å². The normalized spacial score (nSPS) is 14.4. The van der Waals surface area contributed by atoms with Crippen molar-refractivity contribution < 1.29 is 14.3 Å². The molecule has 0 spiro atoms. The summed E-state index contributed by atoms with van der Waals surface area (Å²) >= 11 is 3.38. The molecule has 0 bridgehead atoms. The van der Waals surface area contributed by atoms with Gasteiger partial charge < -0.3 is 15.0 Å². The maximum atomic E-state index is 13.0. The highest BCUT2D eigenvalue weighted by molar-refractivity contribution is 9.10. The number of halogens is 1. The van der Waals surface area contributed by atoms with Crippen molar-refractivity contribution in [3.63, 3.8) is 0 Å². The van der Waals surface area contributed by atoms with Gasteiger partial charge in [-0.15, -0.1) is 0 Å². The summed E-state index contributed by atoms with van der Waals surface area (Å²) in [5.41, 5.74) is 1.43. The molecule has 0 aliphatic carbocycles. The number of carbonyl (C=O) groups excluding carboxylic acids is 2. The van der Waals surface area contributed by atoms with E-state index in [-0.39, 0.29) is 11.8 Å². The molecule has 2 amide bonds. The van der Waals surface area contributed by atoms with E-state index in [9.17, 15) is 9.59 Å². The molecule has 1 aliphatic heterocycles. The number of ether oxygens (including phenoxy) is 1. The van der Waals surface area contributed by atoms with Crippen LogP contribution in [-0.4, -0.2) is 36.9 Å². The summed E-state index contributed by atoms with van der Waals surface area (Å²) in [5, 5.41) is 2.88. The number of hydrogen-bond donors (Lipinski definition) is 1. The Labute approximate surface area is 167 Å². The Morgan fingerprint density at radius 3 is 2.41 bits per heavy atom. The Balaban J connectivity index is 1.85. The van der Waals surface area contributed by atoms with Crippen molar-refractivity contribution in [3.05, 3.63) is 58.1 Å². The number of likely N-dealkylation sites (tertiary alicyclic amines) is 1. The van der Waals surface area contributed by atoms with E-state index in [1.54, 1.807) is 24.3 Å². The summed E-state index contributed by atoms with van der Waals surface area (Å²) in [4.78, 5) is 27.7. The van der Waals surface area contributed by atoms with Gasteiger partial charge in [-0.25, -0.2) is 0 Å². The van der Waals surface area contributed by atoms with E-state index in [2.05, 4.69) is 21.2 Å². The number of hydrogen-bond acceptors (Lipinski definition) is 3. The Kier molecular flexibility index (Phi) is 6.50. The van der Waals surface area contributed by atoms with Crippen molar-refractivity contribution in [3.8, 4) is 5.75 Å². The van der Waals surface area contributed by atoms with Crippen LogP contribution in [0.4, 0.5) is 5.69 Å². The minimum Gasteiger partial charge on any atom is -0.496 e. The summed E-state index contributed by atoms with van der Waals surface area (Å²) in [7, 11) is 1.52. The lowest BCUT2D eigenvalue weighted by atomic mass is 10.1. The van der Waals surface area contributed by atoms with Gasteiger partial charge in [0.25, 0.3) is 11.8 Å². The van der Waals surface area contributed by atoms with Crippen LogP contribution in [0.25, 0.3) is 0 Å². The lowest BCUT2D eigenvalue weighted by Crippen LogP contribution is -2.32. The summed E-state index contributed by atoms with van der Waals surface area (Å²) < 4.78 is 6.07. The standard InChI is InChI=1S/C21H23BrN2O3/c1-27-19-11-10-15(22)14-17(19)20(25)23-18-9-5-4-8-16(18)21(26)24-12-6-2-3-7-13-24/h4-5,8-11,14H,2-3,6-7,12-13H2,1H3,(H,23,25). The van der Waals surface area contributed by atoms with Gasteiger partial charge in [-0.1, -0.05) is 40.9 Å². The fourth-order valence-corrected chi connectivity index (χ4v) is 3.63. The van der Waals surface area contributed by atoms with Gasteiger partial charge >= 0.3 is 0 Å². The first-order valence-corrected chi connectivity index (χ1v) is 9.92. The average Bonchev–Trinajstić information content (AvgIpc) is 2.97. The molecule has 0 unspecified atom stereocenters. The zero-order chi connectivity index (χ0) is 19.2. The monoisotopic (exact) mass is 430 g/mol. The third-order valence-corrected chi connectivity index (χ3v) is 5.20. The molecule has 5 nitrogen and oxygen atoms in total. The first-order chi connectivity index (χ1) is 13.1. The zero-order valence-electron chi connectivity index (χ0n) is 15.3. The topological polar surface area (TPSA) is 58.6 Å². The van der Waals surface area contributed by atoms with Crippen LogP contribution in [0.1, 0.15) is 46.4 Å². The van der Waals surface area contributed by atoms with Crippen LogP contribution >= 0.6 is 15.9 Å². The van der Waals surface area contributed by atoms with Crippen molar-refractivity contribution in [2.75, 3.05) is 25.5 Å². The van der Waals surface area contributed by atoms with Crippen LogP contribution in [0.5, 0.6) is 5.75 Å². The number of rotatable bonds is 4. The number of para-hydroxylation sites is 1. The van der Waals surface area contributed by atoms with E-state index < -0.39 is 0 Å². The fraction of sp³-hybridized carbons (Fsp3) is 0.333. The minimum atomic E-state index is -0.315. The number of methoxy groups -OCH3 is 1. The molecular weight excluding hydrogens is 408 g/mol. The van der Waals surface area contributed by atoms with Gasteiger partial charge in [0.15, 0.2) is 0 Å². The summed E-state index contributed by atoms with van der Waals surface area (Å²) in [6.45, 7) is 1.53. The lowest BCUT2D eigenvalue weighted by molar-refractivity contribution is 0.0762. The summed E-state index contributed by atoms with van der Waals surface area (Å²) in [5.74, 6) is 0.130. The molecule has 1 heterocycles. The number of nitrogens with one attached hydrogen (secondary N) is 1. The highest BCUT2D eigenvalue weighted by Gasteiger charge is 2.21. The first kappa shape index (κ1) is 19.4. The van der Waals surface area contributed by atoms with Crippen LogP contribution in [0.3, 0.4) is 0 Å². The number of amides is 2. The third-order valence-electron chi connectivity index (χ3n) is 4.71. The zero-order valence-corrected chi connectivity index (χ0v) is 16.9. The van der Waals surface area contributed by atoms with Crippen molar-refractivity contribution in [2.45, 2.75) is 25.7 Å². The van der Waals surface area contributed by atoms with Crippen LogP contribution < -0.4 is 10.1 Å². The number of nitrogens with zero attached hydrogens (tertiary/aromatic N) is 1. The largest absolute Gasteiger partial charge is 0.496 e. The van der Waals surface area contributed by atoms with Gasteiger partial charge in [0.2, 0.25) is 0 Å². The maximum absolute atomic E-state index is 13.0. The van der Waals surface area contributed by atoms with E-state index in [0.717, 1.165) is 43.2 Å². The number of benzene rings is 2. The van der Waals surface area contributed by atoms with Gasteiger partial charge in [0.05, 0.1) is 23.9 Å². The molecule has 0 radical (unpaired) electrons. The Morgan fingerprint density at radius 2 is 1.70 bits per heavy atom. The molecule has 3 rings (SSSR count). The maximum Gasteiger partial charge on any atom is 0.259 e. The van der Waals surface area contributed by atoms with Gasteiger partial charge in [0.1, 0.15) is 5.75 Å². The molecule has 2 aromatic carbocycles. The van der Waals surface area contributed by atoms with Gasteiger partial charge in [-0.2, -0.15) is 0 Å². The molecule has 0 saturated carbocycles. The minimum absolute atomic E-state index is 0.0333. The molecule has 1 saturated heterocycles. The summed E-state index contributed by atoms with van der Waals surface area (Å²) in [6, 6.07) is 12.4. The molecule has 2 aromatic rings. The molecule has 1 aliphatic rings. The van der Waals surface area contributed by atoms with Crippen LogP contribution in [0, 0.1) is 0 Å². The Morgan fingerprint density at radius 1 is 1.00 bits per heavy atom. The fourth-order valence-electron chi connectivity index (χ4n) is 3.27. The van der Waals surface area contributed by atoms with E-state index in [1.807, 2.05) is 23.1 Å². The molecule has 1 fully saturated rings. The second kappa shape index (κ2) is 9.04. The van der Waals surface area contributed by atoms with E-state index in [0.29, 0.717) is 22.6 Å². The predicted molar refractivity (Wildman–Crippen MR) is 109 cm³/mol. The lowest BCUT2D eigenvalue weighted by Gasteiger charge is -2.22. The van der Waals surface area contributed by atoms with Crippen molar-refractivity contribution in [1.29, 1.82) is 0 Å². The highest BCUT2D eigenvalue weighted by atomic mass is 79.9. The van der Waals surface area contributed by atoms with Crippen molar-refractivity contribution in [2.24, 2.45) is 0 Å². The average molecular weight is 431 g/mol. The molecule has 0 atom stereocenters. The second-order valence-electron chi connectivity index (χ2n) is 6.55. The number of anilines is 1. The summed E-state index contributed by atoms with van der Waals surface area (Å²) in [6.07, 6.45) is 4.36. The third kappa shape index (κ3) is 4.69. The van der Waals surface area contributed by atoms with Crippen molar-refractivity contribution >= 4 is 33.4 Å². The molecule has 1 N–H and O–H groups in total. The molecule has 0 aromatic heterocycles. The smallest absolute Gasteiger partial charge is 0.259 e. The van der Waals surface area contributed by atoms with Crippen LogP contribution in [0.2, 0.25) is 0 Å². The van der Waals surface area contributed by atoms with Crippen LogP contribution in [-0.2, 0) is 0 Å². The number of carbonyl (C=O) groups is 2. The van der Waals surface area contributed by atoms with Crippen LogP contribution in [0.15, 0.2) is 46.9 Å². The van der Waals surface area contributed by atoms with Gasteiger partial charge in [0, 0.05) is 17.6 Å². The van der Waals surface area contributed by atoms with Crippen molar-refractivity contribution in [1.82, 2.24) is 4.90 Å². The first-order valence-electron chi connectivity index (χ1n) is 9.13. The Hall–Kier alpha value is -2.34. The SMILES string of the molecule is COc1ccc(Br)cc1C(=O)Nc1ccccc1C(=O)N1CCCCCC1. The quantitative estimate of drug-likeness (QED) is 0.762. The molecule has 6 heteroatoms. The molecule has 27 heavy (non-hydrogen) atoms. The van der Waals surface area contributed by atoms with E-state index >= 15 is 0 Å². The van der Waals surface area contributed by atoms with Gasteiger partial charge in [-0.05, 0) is 43.2 Å². The predicted octanol–water partition coefficient (Wildman–Crippen LogP) is 4.73. The van der Waals surface area contributed by atoms with E-state index in [4.69, 9.17) is 4.74 Å². The van der Waals surface area contributed by atoms with Gasteiger partial charge in [-0.3, -0.25) is 9.59 Å². The molecular formula is C21H23BrN2O3. The Bertz CT molecular complexity index is 830. The highest BCUT2D eigenvalue weighted by Crippen LogP contribution is 2.25.